The van der Waals surface area contributed by atoms with Crippen LogP contribution in [0.5, 0.6) is 0 Å². The van der Waals surface area contributed by atoms with E-state index in [1.165, 1.54) is 12.1 Å². The smallest absolute Gasteiger partial charge is 0.335 e. The summed E-state index contributed by atoms with van der Waals surface area (Å²) in [5.41, 5.74) is 0.730. The van der Waals surface area contributed by atoms with Crippen molar-refractivity contribution in [1.29, 1.82) is 0 Å². The fourth-order valence-electron chi connectivity index (χ4n) is 2.11. The van der Waals surface area contributed by atoms with Gasteiger partial charge in [0.1, 0.15) is 0 Å². The third kappa shape index (κ3) is 5.04. The molecule has 0 radical (unpaired) electrons. The second-order valence-corrected chi connectivity index (χ2v) is 5.13. The number of hydrogen-bond acceptors (Lipinski definition) is 3. The van der Waals surface area contributed by atoms with Crippen molar-refractivity contribution >= 4 is 12.0 Å². The fourth-order valence-corrected chi connectivity index (χ4v) is 2.11. The molecule has 1 aromatic carbocycles. The van der Waals surface area contributed by atoms with Crippen molar-refractivity contribution in [1.82, 2.24) is 10.6 Å². The number of carboxylic acids is 1. The first-order valence-electron chi connectivity index (χ1n) is 7.35. The van der Waals surface area contributed by atoms with Crippen LogP contribution in [0.25, 0.3) is 0 Å². The van der Waals surface area contributed by atoms with Gasteiger partial charge in [-0.15, -0.1) is 0 Å². The van der Waals surface area contributed by atoms with E-state index in [1.807, 2.05) is 13.8 Å². The van der Waals surface area contributed by atoms with E-state index in [2.05, 4.69) is 10.6 Å². The highest BCUT2D eigenvalue weighted by atomic mass is 16.5. The lowest BCUT2D eigenvalue weighted by Gasteiger charge is -2.30. The number of amides is 2. The van der Waals surface area contributed by atoms with E-state index in [0.717, 1.165) is 18.4 Å². The predicted molar refractivity (Wildman–Crippen MR) is 84.0 cm³/mol. The molecule has 1 aromatic rings. The largest absolute Gasteiger partial charge is 0.478 e. The maximum Gasteiger partial charge on any atom is 0.335 e. The number of hydrogen-bond donors (Lipinski definition) is 3. The quantitative estimate of drug-likeness (QED) is 0.688. The molecule has 0 aliphatic rings. The van der Waals surface area contributed by atoms with Crippen LogP contribution in [0.15, 0.2) is 24.3 Å². The summed E-state index contributed by atoms with van der Waals surface area (Å²) >= 11 is 0. The maximum absolute atomic E-state index is 11.8. The van der Waals surface area contributed by atoms with Crippen LogP contribution < -0.4 is 10.6 Å². The van der Waals surface area contributed by atoms with E-state index < -0.39 is 5.97 Å². The van der Waals surface area contributed by atoms with Gasteiger partial charge in [0, 0.05) is 20.2 Å². The molecule has 0 spiro atoms. The van der Waals surface area contributed by atoms with Gasteiger partial charge in [0.15, 0.2) is 0 Å². The van der Waals surface area contributed by atoms with Gasteiger partial charge in [-0.1, -0.05) is 26.0 Å². The molecule has 22 heavy (non-hydrogen) atoms. The molecule has 1 rings (SSSR count). The summed E-state index contributed by atoms with van der Waals surface area (Å²) in [6.07, 6.45) is 1.63. The molecule has 6 nitrogen and oxygen atoms in total. The fraction of sp³-hybridized carbons (Fsp3) is 0.500. The zero-order valence-electron chi connectivity index (χ0n) is 13.3. The Bertz CT molecular complexity index is 487. The first-order valence-corrected chi connectivity index (χ1v) is 7.35. The highest BCUT2D eigenvalue weighted by molar-refractivity contribution is 5.87. The molecule has 3 N–H and O–H groups in total. The lowest BCUT2D eigenvalue weighted by molar-refractivity contribution is -0.0135. The third-order valence-electron chi connectivity index (χ3n) is 3.95. The second kappa shape index (κ2) is 8.38. The van der Waals surface area contributed by atoms with Crippen LogP contribution in [0.3, 0.4) is 0 Å². The van der Waals surface area contributed by atoms with Crippen LogP contribution in [0, 0.1) is 0 Å². The van der Waals surface area contributed by atoms with Gasteiger partial charge in [-0.05, 0) is 30.5 Å². The lowest BCUT2D eigenvalue weighted by Crippen LogP contribution is -2.46. The molecule has 0 aliphatic carbocycles. The molecule has 6 heteroatoms. The summed E-state index contributed by atoms with van der Waals surface area (Å²) in [5, 5.41) is 14.4. The summed E-state index contributed by atoms with van der Waals surface area (Å²) in [5.74, 6) is -0.965. The minimum Gasteiger partial charge on any atom is -0.478 e. The number of rotatable bonds is 8. The van der Waals surface area contributed by atoms with Crippen molar-refractivity contribution in [2.45, 2.75) is 38.8 Å². The molecular formula is C16H24N2O4. The van der Waals surface area contributed by atoms with E-state index in [9.17, 15) is 9.59 Å². The van der Waals surface area contributed by atoms with Crippen LogP contribution in [0.2, 0.25) is 0 Å². The standard InChI is InChI=1S/C16H24N2O4/c1-4-16(5-2,22-3)11-18-15(21)17-10-12-6-8-13(9-7-12)14(19)20/h6-9H,4-5,10-11H2,1-3H3,(H,19,20)(H2,17,18,21). The Labute approximate surface area is 130 Å². The second-order valence-electron chi connectivity index (χ2n) is 5.13. The first kappa shape index (κ1) is 18.0. The Morgan fingerprint density at radius 2 is 1.73 bits per heavy atom. The molecule has 0 heterocycles. The maximum atomic E-state index is 11.8. The topological polar surface area (TPSA) is 87.7 Å². The molecule has 122 valence electrons. The van der Waals surface area contributed by atoms with Crippen LogP contribution in [0.1, 0.15) is 42.6 Å². The van der Waals surface area contributed by atoms with E-state index >= 15 is 0 Å². The summed E-state index contributed by atoms with van der Waals surface area (Å²) in [4.78, 5) is 22.6. The van der Waals surface area contributed by atoms with Gasteiger partial charge in [-0.2, -0.15) is 0 Å². The van der Waals surface area contributed by atoms with Gasteiger partial charge in [0.25, 0.3) is 0 Å². The molecule has 0 unspecified atom stereocenters. The monoisotopic (exact) mass is 308 g/mol. The number of methoxy groups -OCH3 is 1. The van der Waals surface area contributed by atoms with Crippen LogP contribution in [-0.2, 0) is 11.3 Å². The van der Waals surface area contributed by atoms with E-state index in [0.29, 0.717) is 13.1 Å². The SMILES string of the molecule is CCC(CC)(CNC(=O)NCc1ccc(C(=O)O)cc1)OC. The van der Waals surface area contributed by atoms with Gasteiger partial charge >= 0.3 is 12.0 Å². The number of aromatic carboxylic acids is 1. The minimum atomic E-state index is -0.965. The summed E-state index contributed by atoms with van der Waals surface area (Å²) < 4.78 is 5.49. The van der Waals surface area contributed by atoms with E-state index in [4.69, 9.17) is 9.84 Å². The molecule has 0 fully saturated rings. The molecular weight excluding hydrogens is 284 g/mol. The average Bonchev–Trinajstić information content (AvgIpc) is 2.55. The lowest BCUT2D eigenvalue weighted by atomic mass is 9.97. The number of carbonyl (C=O) groups excluding carboxylic acids is 1. The van der Waals surface area contributed by atoms with Crippen molar-refractivity contribution in [2.24, 2.45) is 0 Å². The van der Waals surface area contributed by atoms with Gasteiger partial charge in [0.05, 0.1) is 11.2 Å². The first-order chi connectivity index (χ1) is 10.5. The zero-order chi connectivity index (χ0) is 16.6. The van der Waals surface area contributed by atoms with E-state index in [-0.39, 0.29) is 17.2 Å². The normalized spacial score (nSPS) is 11.0. The highest BCUT2D eigenvalue weighted by Crippen LogP contribution is 2.18. The number of carbonyl (C=O) groups is 2. The zero-order valence-corrected chi connectivity index (χ0v) is 13.3. The highest BCUT2D eigenvalue weighted by Gasteiger charge is 2.25. The van der Waals surface area contributed by atoms with Crippen molar-refractivity contribution in [3.63, 3.8) is 0 Å². The molecule has 0 aromatic heterocycles. The van der Waals surface area contributed by atoms with Crippen molar-refractivity contribution in [3.05, 3.63) is 35.4 Å². The van der Waals surface area contributed by atoms with E-state index in [1.54, 1.807) is 19.2 Å². The van der Waals surface area contributed by atoms with Crippen LogP contribution in [0.4, 0.5) is 4.79 Å². The van der Waals surface area contributed by atoms with Crippen molar-refractivity contribution < 1.29 is 19.4 Å². The van der Waals surface area contributed by atoms with Gasteiger partial charge < -0.3 is 20.5 Å². The number of benzene rings is 1. The number of ether oxygens (including phenoxy) is 1. The molecule has 0 atom stereocenters. The van der Waals surface area contributed by atoms with Gasteiger partial charge in [0.2, 0.25) is 0 Å². The Morgan fingerprint density at radius 1 is 1.14 bits per heavy atom. The van der Waals surface area contributed by atoms with Gasteiger partial charge in [-0.3, -0.25) is 0 Å². The molecule has 0 aliphatic heterocycles. The Morgan fingerprint density at radius 3 is 2.18 bits per heavy atom. The molecule has 0 bridgehead atoms. The molecule has 0 saturated heterocycles. The molecule has 2 amide bonds. The van der Waals surface area contributed by atoms with Crippen LogP contribution in [-0.4, -0.2) is 36.4 Å². The van der Waals surface area contributed by atoms with Gasteiger partial charge in [-0.25, -0.2) is 9.59 Å². The number of urea groups is 1. The molecule has 0 saturated carbocycles. The van der Waals surface area contributed by atoms with Crippen molar-refractivity contribution in [3.8, 4) is 0 Å². The Balaban J connectivity index is 2.44. The Kier molecular flexibility index (Phi) is 6.85. The minimum absolute atomic E-state index is 0.226. The average molecular weight is 308 g/mol. The Hall–Kier alpha value is -2.08. The third-order valence-corrected chi connectivity index (χ3v) is 3.95. The number of nitrogens with one attached hydrogen (secondary N) is 2. The van der Waals surface area contributed by atoms with Crippen molar-refractivity contribution in [2.75, 3.05) is 13.7 Å². The van der Waals surface area contributed by atoms with Crippen LogP contribution >= 0.6 is 0 Å². The summed E-state index contributed by atoms with van der Waals surface area (Å²) in [7, 11) is 1.65. The summed E-state index contributed by atoms with van der Waals surface area (Å²) in [6, 6.07) is 6.12. The number of carboxylic acid groups (broad SMARTS) is 1. The predicted octanol–water partition coefficient (Wildman–Crippen LogP) is 2.39. The summed E-state index contributed by atoms with van der Waals surface area (Å²) in [6.45, 7) is 4.83.